The zero-order chi connectivity index (χ0) is 26.1. The number of nitrogens with zero attached hydrogens (tertiary/aromatic N) is 2. The smallest absolute Gasteiger partial charge is 0.257 e. The molecule has 3 aromatic rings. The van der Waals surface area contributed by atoms with Crippen LogP contribution in [0.2, 0.25) is 0 Å². The molecular weight excluding hydrogens is 470 g/mol. The van der Waals surface area contributed by atoms with Gasteiger partial charge in [0.25, 0.3) is 5.91 Å². The summed E-state index contributed by atoms with van der Waals surface area (Å²) in [4.78, 5) is 17.8. The standard InChI is InChI=1S/C20H27N3O2.C9H12OS/c1-21-12-19-11-18(15-25-19)20(24)22(2)13-16-5-7-17(8-6-16)14-23-9-3-4-10-23;1-6-4-8(10-3)5-7(2)9(6)11/h5-8,11,15,21H,3-4,9-10,12-14H2,1-2H3;4-5,11H,1-3H3. The van der Waals surface area contributed by atoms with Gasteiger partial charge in [-0.15, -0.1) is 12.6 Å². The summed E-state index contributed by atoms with van der Waals surface area (Å²) < 4.78 is 10.5. The summed E-state index contributed by atoms with van der Waals surface area (Å²) in [6.07, 6.45) is 4.16. The van der Waals surface area contributed by atoms with Crippen LogP contribution in [0.15, 0.2) is 58.0 Å². The molecule has 6 nitrogen and oxygen atoms in total. The zero-order valence-electron chi connectivity index (χ0n) is 22.1. The van der Waals surface area contributed by atoms with Crippen LogP contribution in [-0.2, 0) is 19.6 Å². The first-order valence-electron chi connectivity index (χ1n) is 12.4. The third-order valence-corrected chi connectivity index (χ3v) is 7.05. The number of rotatable bonds is 8. The predicted octanol–water partition coefficient (Wildman–Crippen LogP) is 5.47. The van der Waals surface area contributed by atoms with Crippen LogP contribution >= 0.6 is 12.6 Å². The second-order valence-electron chi connectivity index (χ2n) is 9.40. The lowest BCUT2D eigenvalue weighted by Crippen LogP contribution is -2.25. The molecular formula is C29H39N3O3S. The van der Waals surface area contributed by atoms with Crippen molar-refractivity contribution in [1.82, 2.24) is 15.1 Å². The van der Waals surface area contributed by atoms with Gasteiger partial charge in [-0.3, -0.25) is 9.69 Å². The van der Waals surface area contributed by atoms with Crippen molar-refractivity contribution in [3.05, 3.63) is 82.3 Å². The summed E-state index contributed by atoms with van der Waals surface area (Å²) >= 11 is 4.34. The molecule has 0 bridgehead atoms. The van der Waals surface area contributed by atoms with Crippen molar-refractivity contribution >= 4 is 18.5 Å². The lowest BCUT2D eigenvalue weighted by molar-refractivity contribution is 0.0784. The van der Waals surface area contributed by atoms with Gasteiger partial charge in [-0.1, -0.05) is 24.3 Å². The Balaban J connectivity index is 0.000000275. The monoisotopic (exact) mass is 509 g/mol. The van der Waals surface area contributed by atoms with Gasteiger partial charge in [0.2, 0.25) is 0 Å². The molecule has 2 aromatic carbocycles. The molecule has 0 radical (unpaired) electrons. The van der Waals surface area contributed by atoms with Crippen LogP contribution in [0.25, 0.3) is 0 Å². The fourth-order valence-electron chi connectivity index (χ4n) is 4.31. The van der Waals surface area contributed by atoms with Gasteiger partial charge in [-0.05, 0) is 87.3 Å². The second kappa shape index (κ2) is 13.5. The van der Waals surface area contributed by atoms with E-state index in [0.717, 1.165) is 39.6 Å². The van der Waals surface area contributed by atoms with E-state index in [9.17, 15) is 4.79 Å². The van der Waals surface area contributed by atoms with Crippen molar-refractivity contribution in [2.24, 2.45) is 0 Å². The Morgan fingerprint density at radius 2 is 1.69 bits per heavy atom. The van der Waals surface area contributed by atoms with E-state index in [2.05, 4.69) is 47.1 Å². The maximum atomic E-state index is 12.5. The molecule has 0 unspecified atom stereocenters. The molecule has 0 aliphatic carbocycles. The molecule has 1 amide bonds. The van der Waals surface area contributed by atoms with E-state index in [-0.39, 0.29) is 5.91 Å². The third kappa shape index (κ3) is 7.88. The molecule has 4 rings (SSSR count). The van der Waals surface area contributed by atoms with Crippen molar-refractivity contribution in [2.75, 3.05) is 34.3 Å². The molecule has 0 atom stereocenters. The quantitative estimate of drug-likeness (QED) is 0.395. The van der Waals surface area contributed by atoms with Gasteiger partial charge < -0.3 is 19.4 Å². The molecule has 1 aromatic heterocycles. The Hall–Kier alpha value is -2.74. The van der Waals surface area contributed by atoms with Gasteiger partial charge >= 0.3 is 0 Å². The molecule has 0 spiro atoms. The summed E-state index contributed by atoms with van der Waals surface area (Å²) in [6, 6.07) is 14.4. The summed E-state index contributed by atoms with van der Waals surface area (Å²) in [5, 5.41) is 3.01. The van der Waals surface area contributed by atoms with Crippen LogP contribution < -0.4 is 10.1 Å². The van der Waals surface area contributed by atoms with Crippen molar-refractivity contribution in [3.8, 4) is 5.75 Å². The number of methoxy groups -OCH3 is 1. The number of carbonyl (C=O) groups is 1. The maximum Gasteiger partial charge on any atom is 0.257 e. The molecule has 1 fully saturated rings. The highest BCUT2D eigenvalue weighted by Gasteiger charge is 2.16. The molecule has 194 valence electrons. The van der Waals surface area contributed by atoms with Crippen LogP contribution in [0.1, 0.15) is 51.2 Å². The van der Waals surface area contributed by atoms with E-state index in [0.29, 0.717) is 18.7 Å². The number of nitrogens with one attached hydrogen (secondary N) is 1. The average molecular weight is 510 g/mol. The summed E-state index contributed by atoms with van der Waals surface area (Å²) in [5.41, 5.74) is 5.39. The van der Waals surface area contributed by atoms with E-state index in [1.54, 1.807) is 18.1 Å². The molecule has 0 saturated carbocycles. The number of likely N-dealkylation sites (tertiary alicyclic amines) is 1. The fourth-order valence-corrected chi connectivity index (χ4v) is 4.44. The van der Waals surface area contributed by atoms with E-state index in [1.807, 2.05) is 40.1 Å². The SMILES string of the molecule is CNCc1cc(C(=O)N(C)Cc2ccc(CN3CCCC3)cc2)co1.COc1cc(C)c(S)c(C)c1. The Bertz CT molecular complexity index is 1100. The van der Waals surface area contributed by atoms with Gasteiger partial charge in [0.15, 0.2) is 0 Å². The van der Waals surface area contributed by atoms with Crippen LogP contribution in [-0.4, -0.2) is 50.0 Å². The lowest BCUT2D eigenvalue weighted by atomic mass is 10.1. The first kappa shape index (κ1) is 27.8. The largest absolute Gasteiger partial charge is 0.497 e. The van der Waals surface area contributed by atoms with E-state index >= 15 is 0 Å². The van der Waals surface area contributed by atoms with Crippen LogP contribution in [0.3, 0.4) is 0 Å². The Morgan fingerprint density at radius 3 is 2.28 bits per heavy atom. The number of thiol groups is 1. The topological polar surface area (TPSA) is 58.0 Å². The van der Waals surface area contributed by atoms with Gasteiger partial charge in [0, 0.05) is 25.0 Å². The van der Waals surface area contributed by atoms with Gasteiger partial charge in [-0.2, -0.15) is 0 Å². The normalized spacial score (nSPS) is 13.3. The fraction of sp³-hybridized carbons (Fsp3) is 0.414. The van der Waals surface area contributed by atoms with Crippen LogP contribution in [0.4, 0.5) is 0 Å². The third-order valence-electron chi connectivity index (χ3n) is 6.35. The van der Waals surface area contributed by atoms with Crippen molar-refractivity contribution in [1.29, 1.82) is 0 Å². The zero-order valence-corrected chi connectivity index (χ0v) is 23.0. The highest BCUT2D eigenvalue weighted by atomic mass is 32.1. The first-order valence-corrected chi connectivity index (χ1v) is 12.9. The molecule has 1 saturated heterocycles. The van der Waals surface area contributed by atoms with Gasteiger partial charge in [0.05, 0.1) is 19.2 Å². The van der Waals surface area contributed by atoms with Crippen LogP contribution in [0.5, 0.6) is 5.75 Å². The number of amides is 1. The predicted molar refractivity (Wildman–Crippen MR) is 148 cm³/mol. The first-order chi connectivity index (χ1) is 17.3. The number of carbonyl (C=O) groups excluding carboxylic acids is 1. The molecule has 1 aliphatic heterocycles. The molecule has 7 heteroatoms. The lowest BCUT2D eigenvalue weighted by Gasteiger charge is -2.17. The number of furan rings is 1. The van der Waals surface area contributed by atoms with E-state index < -0.39 is 0 Å². The number of ether oxygens (including phenoxy) is 1. The molecule has 36 heavy (non-hydrogen) atoms. The number of hydrogen-bond acceptors (Lipinski definition) is 6. The highest BCUT2D eigenvalue weighted by Crippen LogP contribution is 2.24. The number of benzene rings is 2. The van der Waals surface area contributed by atoms with Crippen LogP contribution in [0, 0.1) is 13.8 Å². The van der Waals surface area contributed by atoms with Gasteiger partial charge in [-0.25, -0.2) is 0 Å². The summed E-state index contributed by atoms with van der Waals surface area (Å²) in [7, 11) is 5.35. The minimum Gasteiger partial charge on any atom is -0.497 e. The van der Waals surface area contributed by atoms with E-state index in [1.165, 1.54) is 37.8 Å². The minimum atomic E-state index is -0.0211. The van der Waals surface area contributed by atoms with Crippen molar-refractivity contribution in [2.45, 2.75) is 51.2 Å². The number of hydrogen-bond donors (Lipinski definition) is 2. The summed E-state index contributed by atoms with van der Waals surface area (Å²) in [5.74, 6) is 1.65. The Kier molecular flexibility index (Phi) is 10.5. The molecule has 1 N–H and O–H groups in total. The molecule has 1 aliphatic rings. The average Bonchev–Trinajstić information content (AvgIpc) is 3.56. The highest BCUT2D eigenvalue weighted by molar-refractivity contribution is 7.80. The Labute approximate surface area is 221 Å². The van der Waals surface area contributed by atoms with E-state index in [4.69, 9.17) is 9.15 Å². The Morgan fingerprint density at radius 1 is 1.08 bits per heavy atom. The maximum absolute atomic E-state index is 12.5. The van der Waals surface area contributed by atoms with Crippen molar-refractivity contribution in [3.63, 3.8) is 0 Å². The second-order valence-corrected chi connectivity index (χ2v) is 9.85. The number of aryl methyl sites for hydroxylation is 2. The summed E-state index contributed by atoms with van der Waals surface area (Å²) in [6.45, 7) is 8.71. The van der Waals surface area contributed by atoms with Gasteiger partial charge in [0.1, 0.15) is 17.8 Å². The van der Waals surface area contributed by atoms with Crippen molar-refractivity contribution < 1.29 is 13.9 Å². The minimum absolute atomic E-state index is 0.0211. The molecule has 2 heterocycles.